The van der Waals surface area contributed by atoms with Crippen molar-refractivity contribution in [3.8, 4) is 0 Å². The number of halogens is 2. The third-order valence-corrected chi connectivity index (χ3v) is 7.77. The van der Waals surface area contributed by atoms with E-state index in [2.05, 4.69) is 27.1 Å². The van der Waals surface area contributed by atoms with Gasteiger partial charge in [-0.1, -0.05) is 29.3 Å². The maximum absolute atomic E-state index is 12.9. The summed E-state index contributed by atoms with van der Waals surface area (Å²) in [6, 6.07) is 11.1. The van der Waals surface area contributed by atoms with Crippen molar-refractivity contribution < 1.29 is 9.59 Å². The second-order valence-corrected chi connectivity index (χ2v) is 10.7. The molecule has 37 heavy (non-hydrogen) atoms. The van der Waals surface area contributed by atoms with E-state index in [0.717, 1.165) is 67.2 Å². The van der Waals surface area contributed by atoms with Crippen LogP contribution in [0.25, 0.3) is 11.0 Å². The summed E-state index contributed by atoms with van der Waals surface area (Å²) in [6.07, 6.45) is 6.56. The van der Waals surface area contributed by atoms with E-state index in [1.165, 1.54) is 19.3 Å². The van der Waals surface area contributed by atoms with Crippen molar-refractivity contribution >= 4 is 46.4 Å². The molecule has 5 rings (SSSR count). The van der Waals surface area contributed by atoms with E-state index in [1.54, 1.807) is 18.2 Å². The number of carbonyl (C=O) groups excluding carboxylic acids is 2. The number of rotatable bonds is 6. The van der Waals surface area contributed by atoms with Crippen molar-refractivity contribution in [3.63, 3.8) is 0 Å². The molecule has 1 amide bonds. The zero-order valence-corrected chi connectivity index (χ0v) is 23.0. The molecule has 7 nitrogen and oxygen atoms in total. The van der Waals surface area contributed by atoms with Crippen LogP contribution in [0.3, 0.4) is 0 Å². The lowest BCUT2D eigenvalue weighted by Crippen LogP contribution is -2.49. The van der Waals surface area contributed by atoms with Crippen molar-refractivity contribution in [2.75, 3.05) is 33.2 Å². The summed E-state index contributed by atoms with van der Waals surface area (Å²) in [5.41, 5.74) is 2.94. The molecule has 1 aromatic heterocycles. The first-order valence-electron chi connectivity index (χ1n) is 13.0. The number of aromatic nitrogens is 2. The first kappa shape index (κ1) is 27.6. The number of piperidine rings is 1. The lowest BCUT2D eigenvalue weighted by atomic mass is 10.00. The van der Waals surface area contributed by atoms with Crippen molar-refractivity contribution in [3.05, 3.63) is 63.4 Å². The normalized spacial score (nSPS) is 18.9. The van der Waals surface area contributed by atoms with Gasteiger partial charge in [-0.2, -0.15) is 0 Å². The Labute approximate surface area is 228 Å². The fourth-order valence-corrected chi connectivity index (χ4v) is 5.44. The Morgan fingerprint density at radius 1 is 1.14 bits per heavy atom. The molecule has 0 aliphatic carbocycles. The summed E-state index contributed by atoms with van der Waals surface area (Å²) in [7, 11) is 1.91. The zero-order chi connectivity index (χ0) is 26.4. The number of nitrogens with one attached hydrogen (secondary N) is 2. The van der Waals surface area contributed by atoms with E-state index in [-0.39, 0.29) is 18.0 Å². The first-order valence-corrected chi connectivity index (χ1v) is 13.8. The topological polar surface area (TPSA) is 81.3 Å². The standard InChI is InChI=1S/C18H23ClN2O2.C10H12ClN3/c19-17-11-14(13-22)6-7-16(17)18(23)21-10-2-1-5-15(21)12-20-8-3-4-9-20;1-6(12-2)10-13-8-4-3-7(11)5-9(8)14-10/h6-7,11,13,15H,1-5,8-10,12H2;3-6,12H,1-2H3,(H,13,14)/t15-;6-/m00/s1. The Balaban J connectivity index is 0.000000195. The molecule has 2 atom stereocenters. The van der Waals surface area contributed by atoms with Gasteiger partial charge in [-0.3, -0.25) is 9.59 Å². The highest BCUT2D eigenvalue weighted by atomic mass is 35.5. The predicted octanol–water partition coefficient (Wildman–Crippen LogP) is 5.74. The molecule has 0 bridgehead atoms. The van der Waals surface area contributed by atoms with Gasteiger partial charge in [0.05, 0.1) is 27.7 Å². The molecule has 2 saturated heterocycles. The second kappa shape index (κ2) is 12.9. The fourth-order valence-electron chi connectivity index (χ4n) is 5.00. The summed E-state index contributed by atoms with van der Waals surface area (Å²) in [6.45, 7) is 6.11. The average molecular weight is 545 g/mol. The second-order valence-electron chi connectivity index (χ2n) is 9.81. The molecule has 3 aromatic rings. The van der Waals surface area contributed by atoms with Crippen LogP contribution in [0.15, 0.2) is 36.4 Å². The molecule has 3 heterocycles. The third-order valence-electron chi connectivity index (χ3n) is 7.22. The Bertz CT molecular complexity index is 1220. The number of imidazole rings is 1. The van der Waals surface area contributed by atoms with Crippen LogP contribution in [0, 0.1) is 0 Å². The zero-order valence-electron chi connectivity index (χ0n) is 21.5. The quantitative estimate of drug-likeness (QED) is 0.387. The maximum atomic E-state index is 12.9. The van der Waals surface area contributed by atoms with E-state index in [4.69, 9.17) is 23.2 Å². The SMILES string of the molecule is CN[C@@H](C)c1nc2ccc(Cl)cc2[nH]1.O=Cc1ccc(C(=O)N2CCCC[C@H]2CN2CCCC2)c(Cl)c1. The van der Waals surface area contributed by atoms with Crippen molar-refractivity contribution in [1.29, 1.82) is 0 Å². The van der Waals surface area contributed by atoms with Crippen LogP contribution >= 0.6 is 23.2 Å². The molecule has 2 aliphatic rings. The molecule has 9 heteroatoms. The number of H-pyrrole nitrogens is 1. The van der Waals surface area contributed by atoms with E-state index < -0.39 is 0 Å². The van der Waals surface area contributed by atoms with E-state index in [1.807, 2.05) is 30.1 Å². The minimum Gasteiger partial charge on any atom is -0.341 e. The molecule has 2 aliphatic heterocycles. The number of likely N-dealkylation sites (tertiary alicyclic amines) is 2. The average Bonchev–Trinajstić information content (AvgIpc) is 3.58. The molecular formula is C28H35Cl2N5O2. The maximum Gasteiger partial charge on any atom is 0.255 e. The summed E-state index contributed by atoms with van der Waals surface area (Å²) in [5, 5.41) is 4.22. The lowest BCUT2D eigenvalue weighted by molar-refractivity contribution is 0.0560. The number of nitrogens with zero attached hydrogens (tertiary/aromatic N) is 3. The Kier molecular flexibility index (Phi) is 9.60. The van der Waals surface area contributed by atoms with Crippen LogP contribution < -0.4 is 5.32 Å². The van der Waals surface area contributed by atoms with Gasteiger partial charge >= 0.3 is 0 Å². The van der Waals surface area contributed by atoms with Crippen molar-refractivity contribution in [1.82, 2.24) is 25.1 Å². The third kappa shape index (κ3) is 6.90. The van der Waals surface area contributed by atoms with Gasteiger partial charge in [-0.15, -0.1) is 0 Å². The van der Waals surface area contributed by atoms with E-state index >= 15 is 0 Å². The summed E-state index contributed by atoms with van der Waals surface area (Å²) >= 11 is 12.1. The lowest BCUT2D eigenvalue weighted by Gasteiger charge is -2.38. The van der Waals surface area contributed by atoms with Gasteiger partial charge < -0.3 is 20.1 Å². The van der Waals surface area contributed by atoms with Crippen LogP contribution in [0.4, 0.5) is 0 Å². The number of benzene rings is 2. The number of fused-ring (bicyclic) bond motifs is 1. The Hall–Kier alpha value is -2.45. The molecule has 198 valence electrons. The molecule has 2 fully saturated rings. The Morgan fingerprint density at radius 2 is 1.89 bits per heavy atom. The molecule has 0 saturated carbocycles. The van der Waals surface area contributed by atoms with Crippen molar-refractivity contribution in [2.24, 2.45) is 0 Å². The summed E-state index contributed by atoms with van der Waals surface area (Å²) in [5.74, 6) is 0.932. The molecule has 0 unspecified atom stereocenters. The number of amides is 1. The number of aldehydes is 1. The largest absolute Gasteiger partial charge is 0.341 e. The smallest absolute Gasteiger partial charge is 0.255 e. The van der Waals surface area contributed by atoms with Gasteiger partial charge in [-0.25, -0.2) is 4.98 Å². The van der Waals surface area contributed by atoms with Crippen molar-refractivity contribution in [2.45, 2.75) is 51.1 Å². The number of hydrogen-bond acceptors (Lipinski definition) is 5. The van der Waals surface area contributed by atoms with Crippen LogP contribution in [-0.2, 0) is 0 Å². The molecule has 2 N–H and O–H groups in total. The van der Waals surface area contributed by atoms with Crippen LogP contribution in [-0.4, -0.2) is 71.2 Å². The molecule has 0 radical (unpaired) electrons. The van der Waals surface area contributed by atoms with E-state index in [0.29, 0.717) is 16.1 Å². The predicted molar refractivity (Wildman–Crippen MR) is 150 cm³/mol. The van der Waals surface area contributed by atoms with Gasteiger partial charge in [0.2, 0.25) is 0 Å². The van der Waals surface area contributed by atoms with Crippen LogP contribution in [0.1, 0.15) is 71.6 Å². The summed E-state index contributed by atoms with van der Waals surface area (Å²) in [4.78, 5) is 35.9. The van der Waals surface area contributed by atoms with Crippen LogP contribution in [0.2, 0.25) is 10.0 Å². The Morgan fingerprint density at radius 3 is 2.59 bits per heavy atom. The highest BCUT2D eigenvalue weighted by molar-refractivity contribution is 6.34. The monoisotopic (exact) mass is 543 g/mol. The molecule has 0 spiro atoms. The molecule has 2 aromatic carbocycles. The van der Waals surface area contributed by atoms with E-state index in [9.17, 15) is 9.59 Å². The summed E-state index contributed by atoms with van der Waals surface area (Å²) < 4.78 is 0. The minimum atomic E-state index is -0.00338. The number of hydrogen-bond donors (Lipinski definition) is 2. The van der Waals surface area contributed by atoms with Gasteiger partial charge in [0.1, 0.15) is 12.1 Å². The van der Waals surface area contributed by atoms with Gasteiger partial charge in [-0.05, 0) is 89.5 Å². The number of carbonyl (C=O) groups is 2. The van der Waals surface area contributed by atoms with Gasteiger partial charge in [0.15, 0.2) is 0 Å². The van der Waals surface area contributed by atoms with Gasteiger partial charge in [0.25, 0.3) is 5.91 Å². The van der Waals surface area contributed by atoms with Crippen LogP contribution in [0.5, 0.6) is 0 Å². The highest BCUT2D eigenvalue weighted by Crippen LogP contribution is 2.25. The highest BCUT2D eigenvalue weighted by Gasteiger charge is 2.30. The minimum absolute atomic E-state index is 0.00338. The molecular weight excluding hydrogens is 509 g/mol. The fraction of sp³-hybridized carbons (Fsp3) is 0.464. The first-order chi connectivity index (χ1) is 17.9. The number of aromatic amines is 1. The van der Waals surface area contributed by atoms with Gasteiger partial charge in [0, 0.05) is 29.7 Å².